The van der Waals surface area contributed by atoms with Gasteiger partial charge in [-0.1, -0.05) is 58.7 Å². The zero-order valence-electron chi connectivity index (χ0n) is 11.6. The van der Waals surface area contributed by atoms with Gasteiger partial charge in [-0.3, -0.25) is 0 Å². The maximum absolute atomic E-state index is 3.49. The second-order valence-electron chi connectivity index (χ2n) is 6.41. The molecule has 0 radical (unpaired) electrons. The van der Waals surface area contributed by atoms with Crippen LogP contribution in [0.15, 0.2) is 53.0 Å². The fourth-order valence-electron chi connectivity index (χ4n) is 4.22. The highest BCUT2D eigenvalue weighted by Gasteiger charge is 2.39. The van der Waals surface area contributed by atoms with E-state index in [1.807, 2.05) is 0 Å². The van der Waals surface area contributed by atoms with Gasteiger partial charge >= 0.3 is 0 Å². The number of hydrogen-bond acceptors (Lipinski definition) is 0. The lowest BCUT2D eigenvalue weighted by Crippen LogP contribution is -2.08. The van der Waals surface area contributed by atoms with Gasteiger partial charge in [-0.2, -0.15) is 0 Å². The molecule has 2 fully saturated rings. The van der Waals surface area contributed by atoms with Crippen LogP contribution in [-0.4, -0.2) is 0 Å². The highest BCUT2D eigenvalue weighted by atomic mass is 79.9. The standard InChI is InChI=1S/C19H19Br/c20-18-9-7-15(8-10-18)14-3-5-16(6-4-14)19-12-13-1-2-17(19)11-13/h3-10,13,17,19H,1-2,11-12H2. The molecule has 0 heterocycles. The van der Waals surface area contributed by atoms with Crippen molar-refractivity contribution in [2.24, 2.45) is 11.8 Å². The number of fused-ring (bicyclic) bond motifs is 2. The van der Waals surface area contributed by atoms with Gasteiger partial charge in [0.2, 0.25) is 0 Å². The summed E-state index contributed by atoms with van der Waals surface area (Å²) in [6.45, 7) is 0. The molecule has 2 bridgehead atoms. The van der Waals surface area contributed by atoms with Crippen LogP contribution in [0.5, 0.6) is 0 Å². The molecule has 102 valence electrons. The molecule has 1 heteroatoms. The Hall–Kier alpha value is -1.08. The third kappa shape index (κ3) is 2.22. The Labute approximate surface area is 129 Å². The monoisotopic (exact) mass is 326 g/mol. The van der Waals surface area contributed by atoms with Crippen molar-refractivity contribution in [2.45, 2.75) is 31.6 Å². The topological polar surface area (TPSA) is 0 Å². The molecule has 0 saturated heterocycles. The van der Waals surface area contributed by atoms with Gasteiger partial charge in [0.1, 0.15) is 0 Å². The van der Waals surface area contributed by atoms with E-state index >= 15 is 0 Å². The lowest BCUT2D eigenvalue weighted by molar-refractivity contribution is 0.420. The van der Waals surface area contributed by atoms with E-state index in [1.54, 1.807) is 5.56 Å². The first kappa shape index (κ1) is 12.6. The molecule has 2 aromatic rings. The molecule has 2 saturated carbocycles. The molecule has 4 rings (SSSR count). The van der Waals surface area contributed by atoms with Crippen LogP contribution in [0.25, 0.3) is 11.1 Å². The van der Waals surface area contributed by atoms with Crippen molar-refractivity contribution in [1.82, 2.24) is 0 Å². The van der Waals surface area contributed by atoms with Crippen molar-refractivity contribution >= 4 is 15.9 Å². The number of halogens is 1. The molecule has 3 unspecified atom stereocenters. The van der Waals surface area contributed by atoms with Crippen LogP contribution in [0.4, 0.5) is 0 Å². The highest BCUT2D eigenvalue weighted by molar-refractivity contribution is 9.10. The average Bonchev–Trinajstić information content (AvgIpc) is 3.11. The Kier molecular flexibility index (Phi) is 3.18. The summed E-state index contributed by atoms with van der Waals surface area (Å²) in [5.74, 6) is 2.84. The zero-order chi connectivity index (χ0) is 13.5. The Morgan fingerprint density at radius 2 is 1.40 bits per heavy atom. The maximum atomic E-state index is 3.49. The summed E-state index contributed by atoms with van der Waals surface area (Å²) in [7, 11) is 0. The molecule has 0 amide bonds. The molecule has 0 spiro atoms. The molecular formula is C19H19Br. The quantitative estimate of drug-likeness (QED) is 0.633. The highest BCUT2D eigenvalue weighted by Crippen LogP contribution is 2.52. The zero-order valence-corrected chi connectivity index (χ0v) is 13.1. The van der Waals surface area contributed by atoms with E-state index in [-0.39, 0.29) is 0 Å². The van der Waals surface area contributed by atoms with Gasteiger partial charge in [0.05, 0.1) is 0 Å². The van der Waals surface area contributed by atoms with E-state index in [1.165, 1.54) is 36.8 Å². The summed E-state index contributed by atoms with van der Waals surface area (Å²) in [6, 6.07) is 17.9. The Bertz CT molecular complexity index is 597. The second-order valence-corrected chi connectivity index (χ2v) is 7.33. The summed E-state index contributed by atoms with van der Waals surface area (Å²) in [6.07, 6.45) is 5.86. The SMILES string of the molecule is Brc1ccc(-c2ccc(C3CC4CCC3C4)cc2)cc1. The van der Waals surface area contributed by atoms with E-state index in [0.29, 0.717) is 0 Å². The van der Waals surface area contributed by atoms with Crippen LogP contribution in [0.2, 0.25) is 0 Å². The minimum Gasteiger partial charge on any atom is -0.0581 e. The molecule has 20 heavy (non-hydrogen) atoms. The smallest absolute Gasteiger partial charge is 0.0175 e. The van der Waals surface area contributed by atoms with Gasteiger partial charge in [0.15, 0.2) is 0 Å². The van der Waals surface area contributed by atoms with Crippen molar-refractivity contribution in [1.29, 1.82) is 0 Å². The van der Waals surface area contributed by atoms with Crippen molar-refractivity contribution < 1.29 is 0 Å². The Morgan fingerprint density at radius 3 is 1.95 bits per heavy atom. The summed E-state index contributed by atoms with van der Waals surface area (Å²) >= 11 is 3.49. The molecule has 2 aliphatic rings. The predicted molar refractivity (Wildman–Crippen MR) is 87.8 cm³/mol. The second kappa shape index (κ2) is 5.04. The van der Waals surface area contributed by atoms with Crippen molar-refractivity contribution in [3.05, 3.63) is 58.6 Å². The van der Waals surface area contributed by atoms with Crippen LogP contribution >= 0.6 is 15.9 Å². The van der Waals surface area contributed by atoms with Crippen LogP contribution in [0, 0.1) is 11.8 Å². The van der Waals surface area contributed by atoms with Crippen molar-refractivity contribution in [3.8, 4) is 11.1 Å². The number of hydrogen-bond donors (Lipinski definition) is 0. The summed E-state index contributed by atoms with van der Waals surface area (Å²) in [5, 5.41) is 0. The van der Waals surface area contributed by atoms with Crippen LogP contribution in [0.1, 0.15) is 37.2 Å². The van der Waals surface area contributed by atoms with Gasteiger partial charge in [0.25, 0.3) is 0 Å². The van der Waals surface area contributed by atoms with Gasteiger partial charge in [-0.05, 0) is 65.8 Å². The van der Waals surface area contributed by atoms with E-state index in [9.17, 15) is 0 Å². The molecule has 2 aliphatic carbocycles. The van der Waals surface area contributed by atoms with Gasteiger partial charge in [0, 0.05) is 4.47 Å². The van der Waals surface area contributed by atoms with E-state index in [2.05, 4.69) is 64.5 Å². The normalized spacial score (nSPS) is 27.9. The van der Waals surface area contributed by atoms with Crippen LogP contribution in [0.3, 0.4) is 0 Å². The lowest BCUT2D eigenvalue weighted by atomic mass is 9.83. The van der Waals surface area contributed by atoms with Gasteiger partial charge < -0.3 is 0 Å². The lowest BCUT2D eigenvalue weighted by Gasteiger charge is -2.22. The van der Waals surface area contributed by atoms with Crippen LogP contribution in [-0.2, 0) is 0 Å². The first-order valence-electron chi connectivity index (χ1n) is 7.65. The van der Waals surface area contributed by atoms with Crippen LogP contribution < -0.4 is 0 Å². The van der Waals surface area contributed by atoms with Crippen molar-refractivity contribution in [2.75, 3.05) is 0 Å². The minimum atomic E-state index is 0.840. The first-order chi connectivity index (χ1) is 9.79. The van der Waals surface area contributed by atoms with Crippen molar-refractivity contribution in [3.63, 3.8) is 0 Å². The summed E-state index contributed by atoms with van der Waals surface area (Å²) in [5.41, 5.74) is 4.19. The third-order valence-corrected chi connectivity index (χ3v) is 5.78. The molecule has 0 N–H and O–H groups in total. The maximum Gasteiger partial charge on any atom is 0.0175 e. The molecule has 0 aromatic heterocycles. The van der Waals surface area contributed by atoms with Gasteiger partial charge in [-0.15, -0.1) is 0 Å². The van der Waals surface area contributed by atoms with E-state index < -0.39 is 0 Å². The average molecular weight is 327 g/mol. The first-order valence-corrected chi connectivity index (χ1v) is 8.45. The van der Waals surface area contributed by atoms with Gasteiger partial charge in [-0.25, -0.2) is 0 Å². The molecular weight excluding hydrogens is 308 g/mol. The number of benzene rings is 2. The Balaban J connectivity index is 1.58. The molecule has 0 aliphatic heterocycles. The Morgan fingerprint density at radius 1 is 0.750 bits per heavy atom. The van der Waals surface area contributed by atoms with E-state index in [0.717, 1.165) is 22.2 Å². The molecule has 2 aromatic carbocycles. The fourth-order valence-corrected chi connectivity index (χ4v) is 4.48. The largest absolute Gasteiger partial charge is 0.0581 e. The fraction of sp³-hybridized carbons (Fsp3) is 0.368. The predicted octanol–water partition coefficient (Wildman–Crippen LogP) is 6.02. The number of rotatable bonds is 2. The molecule has 3 atom stereocenters. The summed E-state index contributed by atoms with van der Waals surface area (Å²) < 4.78 is 1.14. The third-order valence-electron chi connectivity index (χ3n) is 5.25. The minimum absolute atomic E-state index is 0.840. The van der Waals surface area contributed by atoms with E-state index in [4.69, 9.17) is 0 Å². The molecule has 0 nitrogen and oxygen atoms in total. The summed E-state index contributed by atoms with van der Waals surface area (Å²) in [4.78, 5) is 0.